The lowest BCUT2D eigenvalue weighted by atomic mass is 10.1. The Labute approximate surface area is 106 Å². The second-order valence-electron chi connectivity index (χ2n) is 3.67. The molecule has 0 saturated heterocycles. The topological polar surface area (TPSA) is 70.2 Å². The molecule has 0 radical (unpaired) electrons. The summed E-state index contributed by atoms with van der Waals surface area (Å²) in [6.45, 7) is 3.92. The lowest BCUT2D eigenvalue weighted by Gasteiger charge is -2.06. The molecule has 3 amide bonds. The first kappa shape index (κ1) is 13.8. The van der Waals surface area contributed by atoms with Crippen LogP contribution < -0.4 is 16.0 Å². The van der Waals surface area contributed by atoms with Crippen LogP contribution in [0.25, 0.3) is 0 Å². The van der Waals surface area contributed by atoms with Crippen molar-refractivity contribution in [3.8, 4) is 0 Å². The number of carbonyl (C=O) groups is 2. The van der Waals surface area contributed by atoms with Crippen molar-refractivity contribution in [1.82, 2.24) is 10.6 Å². The van der Waals surface area contributed by atoms with Crippen molar-refractivity contribution in [3.05, 3.63) is 42.5 Å². The maximum absolute atomic E-state index is 11.3. The molecule has 0 heterocycles. The Morgan fingerprint density at radius 1 is 1.28 bits per heavy atom. The predicted molar refractivity (Wildman–Crippen MR) is 71.4 cm³/mol. The summed E-state index contributed by atoms with van der Waals surface area (Å²) >= 11 is 0. The van der Waals surface area contributed by atoms with Gasteiger partial charge in [0.15, 0.2) is 0 Å². The smallest absolute Gasteiger partial charge is 0.319 e. The highest BCUT2D eigenvalue weighted by atomic mass is 16.2. The number of nitrogens with one attached hydrogen (secondary N) is 3. The maximum atomic E-state index is 11.3. The molecular formula is C13H17N3O2. The van der Waals surface area contributed by atoms with E-state index < -0.39 is 0 Å². The molecule has 96 valence electrons. The zero-order chi connectivity index (χ0) is 13.4. The highest BCUT2D eigenvalue weighted by molar-refractivity contribution is 5.89. The van der Waals surface area contributed by atoms with E-state index in [1.54, 1.807) is 37.4 Å². The van der Waals surface area contributed by atoms with Gasteiger partial charge in [0.2, 0.25) is 5.91 Å². The minimum absolute atomic E-state index is 0.0422. The minimum atomic E-state index is -0.283. The van der Waals surface area contributed by atoms with Crippen molar-refractivity contribution in [2.45, 2.75) is 6.42 Å². The quantitative estimate of drug-likeness (QED) is 0.686. The van der Waals surface area contributed by atoms with Gasteiger partial charge in [0.05, 0.1) is 6.42 Å². The number of urea groups is 1. The number of hydrogen-bond donors (Lipinski definition) is 3. The van der Waals surface area contributed by atoms with E-state index in [2.05, 4.69) is 22.5 Å². The average molecular weight is 247 g/mol. The third-order valence-electron chi connectivity index (χ3n) is 2.26. The Morgan fingerprint density at radius 3 is 2.50 bits per heavy atom. The molecule has 0 spiro atoms. The summed E-state index contributed by atoms with van der Waals surface area (Å²) in [6.07, 6.45) is 1.94. The average Bonchev–Trinajstić information content (AvgIpc) is 2.38. The third-order valence-corrected chi connectivity index (χ3v) is 2.26. The van der Waals surface area contributed by atoms with Gasteiger partial charge in [-0.05, 0) is 17.7 Å². The van der Waals surface area contributed by atoms with Crippen LogP contribution in [0.5, 0.6) is 0 Å². The second kappa shape index (κ2) is 7.11. The number of anilines is 1. The van der Waals surface area contributed by atoms with Gasteiger partial charge in [-0.2, -0.15) is 0 Å². The van der Waals surface area contributed by atoms with Crippen LogP contribution in [0.2, 0.25) is 0 Å². The van der Waals surface area contributed by atoms with Gasteiger partial charge < -0.3 is 16.0 Å². The molecule has 0 saturated carbocycles. The molecule has 3 N–H and O–H groups in total. The van der Waals surface area contributed by atoms with Gasteiger partial charge in [0.1, 0.15) is 0 Å². The van der Waals surface area contributed by atoms with E-state index in [1.165, 1.54) is 0 Å². The molecule has 0 aromatic heterocycles. The standard InChI is InChI=1S/C13H17N3O2/c1-3-8-15-13(18)16-11-6-4-10(5-7-11)9-12(17)14-2/h3-7H,1,8-9H2,2H3,(H,14,17)(H2,15,16,18). The summed E-state index contributed by atoms with van der Waals surface area (Å²) in [6, 6.07) is 6.84. The first-order chi connectivity index (χ1) is 8.65. The van der Waals surface area contributed by atoms with Gasteiger partial charge in [-0.3, -0.25) is 4.79 Å². The van der Waals surface area contributed by atoms with Gasteiger partial charge in [-0.25, -0.2) is 4.79 Å². The molecule has 5 heteroatoms. The molecule has 0 unspecified atom stereocenters. The molecule has 0 atom stereocenters. The molecule has 0 aliphatic carbocycles. The molecule has 1 rings (SSSR count). The van der Waals surface area contributed by atoms with Gasteiger partial charge >= 0.3 is 6.03 Å². The van der Waals surface area contributed by atoms with Crippen molar-refractivity contribution < 1.29 is 9.59 Å². The number of likely N-dealkylation sites (N-methyl/N-ethyl adjacent to an activating group) is 1. The zero-order valence-electron chi connectivity index (χ0n) is 10.3. The van der Waals surface area contributed by atoms with Crippen LogP contribution in [0.4, 0.5) is 10.5 Å². The molecule has 0 aliphatic rings. The highest BCUT2D eigenvalue weighted by Gasteiger charge is 2.02. The minimum Gasteiger partial charge on any atom is -0.359 e. The van der Waals surface area contributed by atoms with Crippen LogP contribution in [0.1, 0.15) is 5.56 Å². The van der Waals surface area contributed by atoms with E-state index in [0.29, 0.717) is 18.7 Å². The van der Waals surface area contributed by atoms with Crippen molar-refractivity contribution in [2.24, 2.45) is 0 Å². The maximum Gasteiger partial charge on any atom is 0.319 e. The summed E-state index contributed by atoms with van der Waals surface area (Å²) < 4.78 is 0. The fraction of sp³-hybridized carbons (Fsp3) is 0.231. The molecule has 5 nitrogen and oxygen atoms in total. The van der Waals surface area contributed by atoms with E-state index in [-0.39, 0.29) is 11.9 Å². The van der Waals surface area contributed by atoms with E-state index >= 15 is 0 Å². The van der Waals surface area contributed by atoms with E-state index in [0.717, 1.165) is 5.56 Å². The monoisotopic (exact) mass is 247 g/mol. The van der Waals surface area contributed by atoms with E-state index in [1.807, 2.05) is 0 Å². The number of amides is 3. The lowest BCUT2D eigenvalue weighted by molar-refractivity contribution is -0.119. The number of hydrogen-bond acceptors (Lipinski definition) is 2. The van der Waals surface area contributed by atoms with Crippen molar-refractivity contribution in [1.29, 1.82) is 0 Å². The van der Waals surface area contributed by atoms with Crippen LogP contribution in [0.15, 0.2) is 36.9 Å². The van der Waals surface area contributed by atoms with Crippen LogP contribution in [0.3, 0.4) is 0 Å². The molecule has 0 aliphatic heterocycles. The SMILES string of the molecule is C=CCNC(=O)Nc1ccc(CC(=O)NC)cc1. The van der Waals surface area contributed by atoms with E-state index in [4.69, 9.17) is 0 Å². The molecular weight excluding hydrogens is 230 g/mol. The summed E-state index contributed by atoms with van der Waals surface area (Å²) in [5.41, 5.74) is 1.57. The van der Waals surface area contributed by atoms with Crippen molar-refractivity contribution in [3.63, 3.8) is 0 Å². The van der Waals surface area contributed by atoms with Crippen molar-refractivity contribution >= 4 is 17.6 Å². The number of rotatable bonds is 5. The van der Waals surface area contributed by atoms with Gasteiger partial charge in [-0.1, -0.05) is 18.2 Å². The Morgan fingerprint density at radius 2 is 1.94 bits per heavy atom. The lowest BCUT2D eigenvalue weighted by Crippen LogP contribution is -2.28. The summed E-state index contributed by atoms with van der Waals surface area (Å²) in [4.78, 5) is 22.5. The third kappa shape index (κ3) is 4.69. The fourth-order valence-corrected chi connectivity index (χ4v) is 1.32. The van der Waals surface area contributed by atoms with Crippen LogP contribution >= 0.6 is 0 Å². The Balaban J connectivity index is 2.52. The second-order valence-corrected chi connectivity index (χ2v) is 3.67. The number of carbonyl (C=O) groups excluding carboxylic acids is 2. The van der Waals surface area contributed by atoms with Crippen LogP contribution in [-0.2, 0) is 11.2 Å². The van der Waals surface area contributed by atoms with Gasteiger partial charge in [0, 0.05) is 19.3 Å². The Kier molecular flexibility index (Phi) is 5.44. The van der Waals surface area contributed by atoms with Gasteiger partial charge in [-0.15, -0.1) is 6.58 Å². The Hall–Kier alpha value is -2.30. The van der Waals surface area contributed by atoms with Crippen LogP contribution in [0, 0.1) is 0 Å². The summed E-state index contributed by atoms with van der Waals surface area (Å²) in [7, 11) is 1.60. The zero-order valence-corrected chi connectivity index (χ0v) is 10.3. The summed E-state index contributed by atoms with van der Waals surface area (Å²) in [5.74, 6) is -0.0422. The van der Waals surface area contributed by atoms with Crippen molar-refractivity contribution in [2.75, 3.05) is 18.9 Å². The highest BCUT2D eigenvalue weighted by Crippen LogP contribution is 2.09. The molecule has 1 aromatic rings. The van der Waals surface area contributed by atoms with E-state index in [9.17, 15) is 9.59 Å². The largest absolute Gasteiger partial charge is 0.359 e. The predicted octanol–water partition coefficient (Wildman–Crippen LogP) is 1.28. The molecule has 1 aromatic carbocycles. The van der Waals surface area contributed by atoms with Crippen LogP contribution in [-0.4, -0.2) is 25.5 Å². The molecule has 0 bridgehead atoms. The number of benzene rings is 1. The fourth-order valence-electron chi connectivity index (χ4n) is 1.32. The normalized spacial score (nSPS) is 9.39. The molecule has 0 fully saturated rings. The summed E-state index contributed by atoms with van der Waals surface area (Å²) in [5, 5.41) is 7.83. The first-order valence-corrected chi connectivity index (χ1v) is 5.61. The van der Waals surface area contributed by atoms with Gasteiger partial charge in [0.25, 0.3) is 0 Å². The first-order valence-electron chi connectivity index (χ1n) is 5.61. The Bertz CT molecular complexity index is 426. The molecule has 18 heavy (non-hydrogen) atoms.